The van der Waals surface area contributed by atoms with Gasteiger partial charge in [-0.3, -0.25) is 5.32 Å². The maximum Gasteiger partial charge on any atom is 0.321 e. The summed E-state index contributed by atoms with van der Waals surface area (Å²) in [7, 11) is 0. The molecule has 27 heavy (non-hydrogen) atoms. The lowest BCUT2D eigenvalue weighted by Gasteiger charge is -2.15. The van der Waals surface area contributed by atoms with Gasteiger partial charge in [-0.15, -0.1) is 0 Å². The molecule has 2 amide bonds. The first kappa shape index (κ1) is 18.6. The van der Waals surface area contributed by atoms with Crippen LogP contribution in [-0.2, 0) is 6.54 Å². The molecule has 0 saturated heterocycles. The van der Waals surface area contributed by atoms with E-state index in [9.17, 15) is 9.18 Å². The number of anilines is 1. The number of aromatic nitrogens is 4. The molecule has 2 heterocycles. The van der Waals surface area contributed by atoms with Crippen LogP contribution in [0.3, 0.4) is 0 Å². The van der Waals surface area contributed by atoms with Gasteiger partial charge in [0.2, 0.25) is 5.89 Å². The van der Waals surface area contributed by atoms with E-state index < -0.39 is 12.1 Å². The number of aryl methyl sites for hydroxylation is 2. The predicted molar refractivity (Wildman–Crippen MR) is 96.7 cm³/mol. The number of urea groups is 1. The van der Waals surface area contributed by atoms with E-state index in [0.717, 1.165) is 11.1 Å². The largest absolute Gasteiger partial charge is 0.337 e. The van der Waals surface area contributed by atoms with Crippen molar-refractivity contribution in [1.82, 2.24) is 25.2 Å². The summed E-state index contributed by atoms with van der Waals surface area (Å²) in [4.78, 5) is 16.6. The van der Waals surface area contributed by atoms with Crippen LogP contribution in [0.25, 0.3) is 0 Å². The molecule has 0 unspecified atom stereocenters. The number of nitrogens with zero attached hydrogens (tertiary/aromatic N) is 4. The van der Waals surface area contributed by atoms with Crippen molar-refractivity contribution < 1.29 is 13.7 Å². The second-order valence-electron chi connectivity index (χ2n) is 6.20. The SMILES string of the molecule is CC[C@@H](NC(=O)Nc1c(C)cnn1Cc1cccc(F)c1)c1nc(C)no1. The Bertz CT molecular complexity index is 936. The molecule has 2 N–H and O–H groups in total. The molecule has 9 heteroatoms. The predicted octanol–water partition coefficient (Wildman–Crippen LogP) is 3.34. The van der Waals surface area contributed by atoms with E-state index >= 15 is 0 Å². The lowest BCUT2D eigenvalue weighted by atomic mass is 10.2. The average molecular weight is 372 g/mol. The van der Waals surface area contributed by atoms with Crippen LogP contribution in [0.4, 0.5) is 15.0 Å². The third-order valence-electron chi connectivity index (χ3n) is 4.03. The summed E-state index contributed by atoms with van der Waals surface area (Å²) in [5.74, 6) is 1.09. The van der Waals surface area contributed by atoms with E-state index in [4.69, 9.17) is 4.52 Å². The van der Waals surface area contributed by atoms with Crippen molar-refractivity contribution in [2.24, 2.45) is 0 Å². The first-order chi connectivity index (χ1) is 13.0. The Kier molecular flexibility index (Phi) is 5.49. The van der Waals surface area contributed by atoms with Gasteiger partial charge >= 0.3 is 6.03 Å². The van der Waals surface area contributed by atoms with Gasteiger partial charge in [-0.1, -0.05) is 24.2 Å². The monoisotopic (exact) mass is 372 g/mol. The number of carbonyl (C=O) groups excluding carboxylic acids is 1. The summed E-state index contributed by atoms with van der Waals surface area (Å²) < 4.78 is 20.1. The Morgan fingerprint density at radius 1 is 1.37 bits per heavy atom. The molecule has 8 nitrogen and oxygen atoms in total. The Morgan fingerprint density at radius 3 is 2.85 bits per heavy atom. The zero-order chi connectivity index (χ0) is 19.4. The second kappa shape index (κ2) is 7.98. The molecule has 0 aliphatic heterocycles. The van der Waals surface area contributed by atoms with Crippen molar-refractivity contribution in [1.29, 1.82) is 0 Å². The van der Waals surface area contributed by atoms with E-state index in [-0.39, 0.29) is 5.82 Å². The zero-order valence-electron chi connectivity index (χ0n) is 15.4. The van der Waals surface area contributed by atoms with Gasteiger partial charge in [-0.2, -0.15) is 10.1 Å². The molecular formula is C18H21FN6O2. The fourth-order valence-corrected chi connectivity index (χ4v) is 2.66. The first-order valence-corrected chi connectivity index (χ1v) is 8.60. The minimum Gasteiger partial charge on any atom is -0.337 e. The second-order valence-corrected chi connectivity index (χ2v) is 6.20. The fourth-order valence-electron chi connectivity index (χ4n) is 2.66. The number of amides is 2. The summed E-state index contributed by atoms with van der Waals surface area (Å²) in [6, 6.07) is 5.45. The van der Waals surface area contributed by atoms with E-state index in [1.165, 1.54) is 12.1 Å². The van der Waals surface area contributed by atoms with Crippen molar-refractivity contribution in [2.45, 2.75) is 39.8 Å². The molecule has 142 valence electrons. The number of halogens is 1. The average Bonchev–Trinajstić information content (AvgIpc) is 3.20. The van der Waals surface area contributed by atoms with Gasteiger partial charge in [0.25, 0.3) is 0 Å². The third-order valence-corrected chi connectivity index (χ3v) is 4.03. The number of rotatable bonds is 6. The highest BCUT2D eigenvalue weighted by Crippen LogP contribution is 2.18. The number of benzene rings is 1. The highest BCUT2D eigenvalue weighted by Gasteiger charge is 2.20. The molecular weight excluding hydrogens is 351 g/mol. The van der Waals surface area contributed by atoms with Crippen molar-refractivity contribution in [3.63, 3.8) is 0 Å². The van der Waals surface area contributed by atoms with Crippen LogP contribution in [0.5, 0.6) is 0 Å². The van der Waals surface area contributed by atoms with Gasteiger partial charge in [0.15, 0.2) is 5.82 Å². The molecule has 1 aromatic carbocycles. The van der Waals surface area contributed by atoms with Crippen LogP contribution >= 0.6 is 0 Å². The number of nitrogens with one attached hydrogen (secondary N) is 2. The molecule has 0 spiro atoms. The fraction of sp³-hybridized carbons (Fsp3) is 0.333. The normalized spacial score (nSPS) is 12.0. The topological polar surface area (TPSA) is 97.9 Å². The summed E-state index contributed by atoms with van der Waals surface area (Å²) in [5, 5.41) is 13.6. The number of hydrogen-bond acceptors (Lipinski definition) is 5. The molecule has 0 aliphatic carbocycles. The van der Waals surface area contributed by atoms with Crippen LogP contribution in [-0.4, -0.2) is 26.0 Å². The summed E-state index contributed by atoms with van der Waals surface area (Å²) in [6.45, 7) is 5.79. The lowest BCUT2D eigenvalue weighted by Crippen LogP contribution is -2.33. The van der Waals surface area contributed by atoms with Crippen molar-refractivity contribution in [3.05, 3.63) is 59.1 Å². The first-order valence-electron chi connectivity index (χ1n) is 8.60. The highest BCUT2D eigenvalue weighted by atomic mass is 19.1. The van der Waals surface area contributed by atoms with Crippen molar-refractivity contribution in [3.8, 4) is 0 Å². The van der Waals surface area contributed by atoms with Crippen LogP contribution < -0.4 is 10.6 Å². The molecule has 0 radical (unpaired) electrons. The summed E-state index contributed by atoms with van der Waals surface area (Å²) in [5.41, 5.74) is 1.54. The number of carbonyl (C=O) groups is 1. The van der Waals surface area contributed by atoms with Gasteiger partial charge in [-0.05, 0) is 38.0 Å². The Hall–Kier alpha value is -3.23. The van der Waals surface area contributed by atoms with Crippen LogP contribution in [0.15, 0.2) is 35.0 Å². The Morgan fingerprint density at radius 2 is 2.19 bits per heavy atom. The summed E-state index contributed by atoms with van der Waals surface area (Å²) in [6.07, 6.45) is 2.24. The molecule has 1 atom stereocenters. The minimum absolute atomic E-state index is 0.315. The van der Waals surface area contributed by atoms with Gasteiger partial charge in [0, 0.05) is 5.56 Å². The zero-order valence-corrected chi connectivity index (χ0v) is 15.4. The molecule has 3 rings (SSSR count). The van der Waals surface area contributed by atoms with Gasteiger partial charge in [-0.25, -0.2) is 13.9 Å². The molecule has 0 aliphatic rings. The lowest BCUT2D eigenvalue weighted by molar-refractivity contribution is 0.243. The van der Waals surface area contributed by atoms with Gasteiger partial charge in [0.1, 0.15) is 17.7 Å². The van der Waals surface area contributed by atoms with E-state index in [1.54, 1.807) is 29.9 Å². The third kappa shape index (κ3) is 4.49. The molecule has 0 fully saturated rings. The van der Waals surface area contributed by atoms with Crippen molar-refractivity contribution in [2.75, 3.05) is 5.32 Å². The Balaban J connectivity index is 1.71. The van der Waals surface area contributed by atoms with E-state index in [1.807, 2.05) is 13.8 Å². The maximum atomic E-state index is 13.4. The molecule has 0 saturated carbocycles. The van der Waals surface area contributed by atoms with E-state index in [2.05, 4.69) is 25.9 Å². The molecule has 2 aromatic heterocycles. The van der Waals surface area contributed by atoms with Crippen LogP contribution in [0.1, 0.15) is 42.2 Å². The summed E-state index contributed by atoms with van der Waals surface area (Å²) >= 11 is 0. The van der Waals surface area contributed by atoms with Crippen LogP contribution in [0.2, 0.25) is 0 Å². The number of hydrogen-bond donors (Lipinski definition) is 2. The van der Waals surface area contributed by atoms with Gasteiger partial charge in [0.05, 0.1) is 12.7 Å². The van der Waals surface area contributed by atoms with Gasteiger partial charge < -0.3 is 9.84 Å². The molecule has 3 aromatic rings. The highest BCUT2D eigenvalue weighted by molar-refractivity contribution is 5.89. The smallest absolute Gasteiger partial charge is 0.321 e. The standard InChI is InChI=1S/C18H21FN6O2/c1-4-15(17-21-12(3)24-27-17)22-18(26)23-16-11(2)9-20-25(16)10-13-6-5-7-14(19)8-13/h5-9,15H,4,10H2,1-3H3,(H2,22,23,26)/t15-/m1/s1. The maximum absolute atomic E-state index is 13.4. The molecule has 0 bridgehead atoms. The Labute approximate surface area is 155 Å². The van der Waals surface area contributed by atoms with Crippen LogP contribution in [0, 0.1) is 19.7 Å². The van der Waals surface area contributed by atoms with E-state index in [0.29, 0.717) is 30.5 Å². The van der Waals surface area contributed by atoms with Crippen molar-refractivity contribution >= 4 is 11.8 Å². The quantitative estimate of drug-likeness (QED) is 0.691. The minimum atomic E-state index is -0.415.